The Morgan fingerprint density at radius 3 is 2.85 bits per heavy atom. The molecular weight excluding hydrogens is 352 g/mol. The molecule has 0 amide bonds. The van der Waals surface area contributed by atoms with E-state index in [2.05, 4.69) is 47.1 Å². The zero-order valence-corrected chi connectivity index (χ0v) is 14.8. The minimum atomic E-state index is 0.285. The molecule has 0 N–H and O–H groups in total. The molecule has 0 spiro atoms. The highest BCUT2D eigenvalue weighted by Crippen LogP contribution is 2.41. The number of halogens is 1. The van der Waals surface area contributed by atoms with Crippen LogP contribution in [0.1, 0.15) is 31.3 Å². The van der Waals surface area contributed by atoms with Gasteiger partial charge in [0.1, 0.15) is 5.75 Å². The van der Waals surface area contributed by atoms with Crippen LogP contribution in [0.2, 0.25) is 0 Å². The maximum Gasteiger partial charge on any atom is 0.121 e. The van der Waals surface area contributed by atoms with E-state index in [9.17, 15) is 0 Å². The van der Waals surface area contributed by atoms with Gasteiger partial charge < -0.3 is 4.74 Å². The van der Waals surface area contributed by atoms with Gasteiger partial charge in [0.15, 0.2) is 0 Å². The van der Waals surface area contributed by atoms with E-state index in [1.54, 1.807) is 12.0 Å². The van der Waals surface area contributed by atoms with E-state index < -0.39 is 0 Å². The molecular formula is C16H17BrOS2. The largest absolute Gasteiger partial charge is 0.496 e. The van der Waals surface area contributed by atoms with E-state index in [0.717, 1.165) is 5.75 Å². The van der Waals surface area contributed by atoms with Crippen LogP contribution in [0.15, 0.2) is 24.3 Å². The minimum Gasteiger partial charge on any atom is -0.496 e. The molecule has 2 heterocycles. The molecule has 106 valence electrons. The highest BCUT2D eigenvalue weighted by atomic mass is 79.9. The molecule has 0 bridgehead atoms. The highest BCUT2D eigenvalue weighted by Gasteiger charge is 2.19. The average Bonchev–Trinajstić information content (AvgIpc) is 2.90. The van der Waals surface area contributed by atoms with Gasteiger partial charge in [-0.3, -0.25) is 0 Å². The van der Waals surface area contributed by atoms with Crippen LogP contribution in [-0.4, -0.2) is 12.9 Å². The number of thiophene rings is 1. The van der Waals surface area contributed by atoms with Crippen molar-refractivity contribution in [1.29, 1.82) is 0 Å². The summed E-state index contributed by atoms with van der Waals surface area (Å²) in [5.74, 6) is 3.39. The number of aryl methyl sites for hydroxylation is 2. The predicted octanol–water partition coefficient (Wildman–Crippen LogP) is 5.34. The number of hydrogen-bond donors (Lipinski definition) is 0. The molecule has 4 heteroatoms. The Morgan fingerprint density at radius 2 is 2.15 bits per heavy atom. The Balaban J connectivity index is 1.90. The number of alkyl halides is 1. The second-order valence-electron chi connectivity index (χ2n) is 4.99. The van der Waals surface area contributed by atoms with Crippen LogP contribution < -0.4 is 4.74 Å². The third-order valence-corrected chi connectivity index (χ3v) is 7.24. The Morgan fingerprint density at radius 1 is 1.30 bits per heavy atom. The molecule has 1 atom stereocenters. The quantitative estimate of drug-likeness (QED) is 0.676. The molecule has 1 aromatic heterocycles. The minimum absolute atomic E-state index is 0.285. The van der Waals surface area contributed by atoms with Crippen molar-refractivity contribution in [3.8, 4) is 5.75 Å². The zero-order valence-electron chi connectivity index (χ0n) is 11.6. The zero-order chi connectivity index (χ0) is 14.1. The number of hydrogen-bond acceptors (Lipinski definition) is 3. The molecule has 3 rings (SSSR count). The van der Waals surface area contributed by atoms with Gasteiger partial charge in [-0.1, -0.05) is 28.1 Å². The van der Waals surface area contributed by atoms with Gasteiger partial charge in [-0.25, -0.2) is 0 Å². The lowest BCUT2D eigenvalue weighted by molar-refractivity contribution is 0.411. The lowest BCUT2D eigenvalue weighted by Gasteiger charge is -2.11. The van der Waals surface area contributed by atoms with Gasteiger partial charge >= 0.3 is 0 Å². The Labute approximate surface area is 136 Å². The topological polar surface area (TPSA) is 9.23 Å². The van der Waals surface area contributed by atoms with Crippen LogP contribution in [0.5, 0.6) is 5.75 Å². The van der Waals surface area contributed by atoms with Gasteiger partial charge in [-0.05, 0) is 47.9 Å². The van der Waals surface area contributed by atoms with Gasteiger partial charge in [-0.15, -0.1) is 11.3 Å². The van der Waals surface area contributed by atoms with Crippen molar-refractivity contribution in [3.05, 3.63) is 50.7 Å². The molecule has 1 unspecified atom stereocenters. The van der Waals surface area contributed by atoms with Gasteiger partial charge in [0.2, 0.25) is 0 Å². The Hall–Kier alpha value is -0.450. The lowest BCUT2D eigenvalue weighted by Crippen LogP contribution is -1.96. The molecule has 0 radical (unpaired) electrons. The smallest absolute Gasteiger partial charge is 0.121 e. The maximum absolute atomic E-state index is 5.34. The van der Waals surface area contributed by atoms with E-state index >= 15 is 0 Å². The average molecular weight is 369 g/mol. The van der Waals surface area contributed by atoms with Crippen molar-refractivity contribution in [3.63, 3.8) is 0 Å². The maximum atomic E-state index is 5.34. The number of fused-ring (bicyclic) bond motifs is 1. The third-order valence-electron chi connectivity index (χ3n) is 3.61. The van der Waals surface area contributed by atoms with E-state index in [1.165, 1.54) is 39.5 Å². The number of benzene rings is 1. The Kier molecular flexibility index (Phi) is 4.43. The Bertz CT molecular complexity index is 597. The second kappa shape index (κ2) is 6.12. The molecule has 0 saturated heterocycles. The summed E-state index contributed by atoms with van der Waals surface area (Å²) >= 11 is 7.87. The van der Waals surface area contributed by atoms with Gasteiger partial charge in [0.05, 0.1) is 11.9 Å². The van der Waals surface area contributed by atoms with Crippen molar-refractivity contribution in [2.24, 2.45) is 0 Å². The van der Waals surface area contributed by atoms with Crippen molar-refractivity contribution >= 4 is 39.0 Å². The molecule has 1 nitrogen and oxygen atoms in total. The van der Waals surface area contributed by atoms with Crippen molar-refractivity contribution in [2.45, 2.75) is 23.9 Å². The fourth-order valence-corrected chi connectivity index (χ4v) is 5.60. The number of rotatable bonds is 3. The summed E-state index contributed by atoms with van der Waals surface area (Å²) < 4.78 is 5.34. The van der Waals surface area contributed by atoms with Crippen molar-refractivity contribution in [2.75, 3.05) is 12.9 Å². The normalized spacial score (nSPS) is 15.8. The number of thioether (sulfide) groups is 1. The fourth-order valence-electron chi connectivity index (χ4n) is 2.52. The standard InChI is InChI=1S/C16H17BrOS2/c1-10-7-11(3-4-13(10)18-2)16(17)15-8-12-9-19-6-5-14(12)20-15/h3-4,7-8,16H,5-6,9H2,1-2H3. The first-order valence-corrected chi connectivity index (χ1v) is 9.55. The van der Waals surface area contributed by atoms with Gasteiger partial charge in [0, 0.05) is 15.5 Å². The SMILES string of the molecule is COc1ccc(C(Br)c2cc3c(s2)CCSC3)cc1C. The van der Waals surface area contributed by atoms with Crippen LogP contribution in [0.4, 0.5) is 0 Å². The van der Waals surface area contributed by atoms with Crippen LogP contribution in [0.25, 0.3) is 0 Å². The molecule has 0 saturated carbocycles. The summed E-state index contributed by atoms with van der Waals surface area (Å²) in [6.07, 6.45) is 1.23. The molecule has 0 aliphatic carbocycles. The summed E-state index contributed by atoms with van der Waals surface area (Å²) in [6, 6.07) is 8.80. The molecule has 1 aromatic carbocycles. The summed E-state index contributed by atoms with van der Waals surface area (Å²) in [4.78, 5) is 3.28. The van der Waals surface area contributed by atoms with E-state index in [0.29, 0.717) is 0 Å². The van der Waals surface area contributed by atoms with Crippen LogP contribution in [0.3, 0.4) is 0 Å². The molecule has 2 aromatic rings. The van der Waals surface area contributed by atoms with Gasteiger partial charge in [-0.2, -0.15) is 11.8 Å². The third kappa shape index (κ3) is 2.78. The fraction of sp³-hybridized carbons (Fsp3) is 0.375. The monoisotopic (exact) mass is 368 g/mol. The van der Waals surface area contributed by atoms with Crippen LogP contribution >= 0.6 is 39.0 Å². The van der Waals surface area contributed by atoms with E-state index in [4.69, 9.17) is 4.74 Å². The molecule has 1 aliphatic heterocycles. The predicted molar refractivity (Wildman–Crippen MR) is 92.7 cm³/mol. The van der Waals surface area contributed by atoms with Gasteiger partial charge in [0.25, 0.3) is 0 Å². The van der Waals surface area contributed by atoms with E-state index in [1.807, 2.05) is 23.1 Å². The summed E-state index contributed by atoms with van der Waals surface area (Å²) in [6.45, 7) is 2.10. The first-order chi connectivity index (χ1) is 9.69. The summed E-state index contributed by atoms with van der Waals surface area (Å²) in [5.41, 5.74) is 4.02. The van der Waals surface area contributed by atoms with E-state index in [-0.39, 0.29) is 4.83 Å². The highest BCUT2D eigenvalue weighted by molar-refractivity contribution is 9.09. The van der Waals surface area contributed by atoms with Crippen LogP contribution in [0, 0.1) is 6.92 Å². The number of methoxy groups -OCH3 is 1. The molecule has 20 heavy (non-hydrogen) atoms. The summed E-state index contributed by atoms with van der Waals surface area (Å²) in [5, 5.41) is 0. The van der Waals surface area contributed by atoms with Crippen LogP contribution in [-0.2, 0) is 12.2 Å². The molecule has 1 aliphatic rings. The summed E-state index contributed by atoms with van der Waals surface area (Å²) in [7, 11) is 1.72. The number of ether oxygens (including phenoxy) is 1. The molecule has 0 fully saturated rings. The second-order valence-corrected chi connectivity index (χ2v) is 8.18. The first kappa shape index (κ1) is 14.5. The van der Waals surface area contributed by atoms with Crippen molar-refractivity contribution < 1.29 is 4.74 Å². The lowest BCUT2D eigenvalue weighted by atomic mass is 10.1. The van der Waals surface area contributed by atoms with Crippen molar-refractivity contribution in [1.82, 2.24) is 0 Å². The first-order valence-electron chi connectivity index (χ1n) is 6.67.